The summed E-state index contributed by atoms with van der Waals surface area (Å²) in [5.74, 6) is 0.987. The number of nitrogens with zero attached hydrogens (tertiary/aromatic N) is 6. The Morgan fingerprint density at radius 2 is 2.14 bits per heavy atom. The van der Waals surface area contributed by atoms with Crippen LogP contribution in [-0.4, -0.2) is 39.3 Å². The summed E-state index contributed by atoms with van der Waals surface area (Å²) in [5, 5.41) is 7.58. The number of rotatable bonds is 5. The van der Waals surface area contributed by atoms with Crippen LogP contribution in [0, 0.1) is 0 Å². The van der Waals surface area contributed by atoms with Crippen LogP contribution in [-0.2, 0) is 17.7 Å². The van der Waals surface area contributed by atoms with Crippen molar-refractivity contribution in [1.29, 1.82) is 0 Å². The second-order valence-electron chi connectivity index (χ2n) is 7.77. The van der Waals surface area contributed by atoms with Gasteiger partial charge in [0.2, 0.25) is 11.7 Å². The number of hydrogen-bond donors (Lipinski definition) is 0. The molecule has 0 bridgehead atoms. The first-order chi connectivity index (χ1) is 13.4. The summed E-state index contributed by atoms with van der Waals surface area (Å²) in [4.78, 5) is 21.4. The zero-order chi connectivity index (χ0) is 20.1. The van der Waals surface area contributed by atoms with Crippen molar-refractivity contribution in [1.82, 2.24) is 15.0 Å². The van der Waals surface area contributed by atoms with Crippen LogP contribution in [0.1, 0.15) is 45.1 Å². The number of carbonyl (C=O) groups is 1. The standard InChI is InChI=1S/C19H24N6O3/c1-19(2,3)27-18(26)25-10-4-5-15(25)11-16-22-17(23-28-16)14-8-6-13(7-9-14)12-21-24-20/h6-9,15H,4-5,10-12H2,1-3H3/t15-/m1/s1. The number of aromatic nitrogens is 2. The fraction of sp³-hybridized carbons (Fsp3) is 0.526. The molecule has 28 heavy (non-hydrogen) atoms. The van der Waals surface area contributed by atoms with Crippen LogP contribution in [0.2, 0.25) is 0 Å². The Hall–Kier alpha value is -3.06. The number of likely N-dealkylation sites (tertiary alicyclic amines) is 1. The summed E-state index contributed by atoms with van der Waals surface area (Å²) in [6.45, 7) is 6.55. The van der Waals surface area contributed by atoms with Crippen molar-refractivity contribution < 1.29 is 14.1 Å². The summed E-state index contributed by atoms with van der Waals surface area (Å²) in [5.41, 5.74) is 9.58. The molecule has 0 radical (unpaired) electrons. The van der Waals surface area contributed by atoms with Crippen molar-refractivity contribution in [3.05, 3.63) is 46.2 Å². The van der Waals surface area contributed by atoms with Crippen molar-refractivity contribution in [2.45, 2.75) is 58.2 Å². The molecule has 1 amide bonds. The third-order valence-electron chi connectivity index (χ3n) is 4.41. The predicted octanol–water partition coefficient (Wildman–Crippen LogP) is 4.49. The Labute approximate surface area is 163 Å². The maximum absolute atomic E-state index is 12.4. The molecule has 1 fully saturated rings. The van der Waals surface area contributed by atoms with Gasteiger partial charge >= 0.3 is 6.09 Å². The van der Waals surface area contributed by atoms with E-state index in [9.17, 15) is 4.79 Å². The highest BCUT2D eigenvalue weighted by Crippen LogP contribution is 2.24. The minimum Gasteiger partial charge on any atom is -0.444 e. The maximum Gasteiger partial charge on any atom is 0.410 e. The Bertz CT molecular complexity index is 865. The molecule has 1 saturated heterocycles. The molecule has 2 aromatic rings. The molecule has 0 spiro atoms. The molecule has 0 N–H and O–H groups in total. The first-order valence-electron chi connectivity index (χ1n) is 9.28. The van der Waals surface area contributed by atoms with Crippen LogP contribution in [0.25, 0.3) is 21.8 Å². The van der Waals surface area contributed by atoms with Crippen molar-refractivity contribution in [3.8, 4) is 11.4 Å². The predicted molar refractivity (Wildman–Crippen MR) is 102 cm³/mol. The summed E-state index contributed by atoms with van der Waals surface area (Å²) >= 11 is 0. The second kappa shape index (κ2) is 8.31. The lowest BCUT2D eigenvalue weighted by atomic mass is 10.1. The van der Waals surface area contributed by atoms with Crippen LogP contribution in [0.15, 0.2) is 33.9 Å². The fourth-order valence-corrected chi connectivity index (χ4v) is 3.14. The summed E-state index contributed by atoms with van der Waals surface area (Å²) in [6, 6.07) is 7.44. The smallest absolute Gasteiger partial charge is 0.410 e. The van der Waals surface area contributed by atoms with Gasteiger partial charge in [0.15, 0.2) is 0 Å². The highest BCUT2D eigenvalue weighted by Gasteiger charge is 2.33. The molecule has 0 aliphatic carbocycles. The van der Waals surface area contributed by atoms with Crippen LogP contribution >= 0.6 is 0 Å². The summed E-state index contributed by atoms with van der Waals surface area (Å²) in [6.07, 6.45) is 2.01. The number of benzene rings is 1. The molecule has 3 rings (SSSR count). The van der Waals surface area contributed by atoms with Gasteiger partial charge in [-0.05, 0) is 44.7 Å². The third kappa shape index (κ3) is 5.01. The van der Waals surface area contributed by atoms with E-state index in [1.807, 2.05) is 45.0 Å². The average Bonchev–Trinajstić information content (AvgIpc) is 3.29. The van der Waals surface area contributed by atoms with E-state index >= 15 is 0 Å². The Morgan fingerprint density at radius 1 is 1.39 bits per heavy atom. The van der Waals surface area contributed by atoms with Crippen molar-refractivity contribution in [2.24, 2.45) is 5.11 Å². The molecule has 1 aliphatic heterocycles. The lowest BCUT2D eigenvalue weighted by molar-refractivity contribution is 0.0222. The van der Waals surface area contributed by atoms with Crippen LogP contribution in [0.3, 0.4) is 0 Å². The largest absolute Gasteiger partial charge is 0.444 e. The number of ether oxygens (including phenoxy) is 1. The molecule has 0 unspecified atom stereocenters. The topological polar surface area (TPSA) is 117 Å². The van der Waals surface area contributed by atoms with Gasteiger partial charge in [0, 0.05) is 29.5 Å². The number of amides is 1. The Kier molecular flexibility index (Phi) is 5.84. The molecule has 9 heteroatoms. The molecule has 1 aromatic heterocycles. The monoisotopic (exact) mass is 384 g/mol. The molecule has 1 aromatic carbocycles. The first-order valence-corrected chi connectivity index (χ1v) is 9.28. The minimum absolute atomic E-state index is 0.00521. The average molecular weight is 384 g/mol. The molecule has 1 aliphatic rings. The van der Waals surface area contributed by atoms with Gasteiger partial charge in [-0.2, -0.15) is 4.98 Å². The summed E-state index contributed by atoms with van der Waals surface area (Å²) < 4.78 is 10.9. The van der Waals surface area contributed by atoms with Gasteiger partial charge in [0.1, 0.15) is 5.60 Å². The first kappa shape index (κ1) is 19.7. The minimum atomic E-state index is -0.521. The number of hydrogen-bond acceptors (Lipinski definition) is 6. The SMILES string of the molecule is CC(C)(C)OC(=O)N1CCC[C@@H]1Cc1nc(-c2ccc(CN=[N+]=[N-])cc2)no1. The van der Waals surface area contributed by atoms with Gasteiger partial charge in [-0.3, -0.25) is 0 Å². The van der Waals surface area contributed by atoms with E-state index in [-0.39, 0.29) is 12.1 Å². The van der Waals surface area contributed by atoms with Gasteiger partial charge < -0.3 is 14.2 Å². The van der Waals surface area contributed by atoms with Gasteiger partial charge in [-0.1, -0.05) is 34.5 Å². The Morgan fingerprint density at radius 3 is 2.82 bits per heavy atom. The fourth-order valence-electron chi connectivity index (χ4n) is 3.14. The van der Waals surface area contributed by atoms with E-state index in [1.54, 1.807) is 4.90 Å². The normalized spacial score (nSPS) is 16.7. The highest BCUT2D eigenvalue weighted by atomic mass is 16.6. The lowest BCUT2D eigenvalue weighted by Crippen LogP contribution is -2.40. The van der Waals surface area contributed by atoms with E-state index in [1.165, 1.54) is 0 Å². The third-order valence-corrected chi connectivity index (χ3v) is 4.41. The van der Waals surface area contributed by atoms with Crippen molar-refractivity contribution >= 4 is 6.09 Å². The zero-order valence-corrected chi connectivity index (χ0v) is 16.3. The number of azide groups is 1. The van der Waals surface area contributed by atoms with Gasteiger partial charge in [0.25, 0.3) is 0 Å². The number of carbonyl (C=O) groups excluding carboxylic acids is 1. The van der Waals surface area contributed by atoms with Crippen molar-refractivity contribution in [2.75, 3.05) is 6.54 Å². The van der Waals surface area contributed by atoms with Crippen LogP contribution < -0.4 is 0 Å². The van der Waals surface area contributed by atoms with Gasteiger partial charge in [0.05, 0.1) is 6.54 Å². The van der Waals surface area contributed by atoms with E-state index in [2.05, 4.69) is 20.2 Å². The molecule has 9 nitrogen and oxygen atoms in total. The zero-order valence-electron chi connectivity index (χ0n) is 16.3. The maximum atomic E-state index is 12.4. The second-order valence-corrected chi connectivity index (χ2v) is 7.77. The van der Waals surface area contributed by atoms with E-state index < -0.39 is 5.60 Å². The van der Waals surface area contributed by atoms with Crippen LogP contribution in [0.5, 0.6) is 0 Å². The molecule has 0 saturated carbocycles. The van der Waals surface area contributed by atoms with E-state index in [0.29, 0.717) is 31.2 Å². The van der Waals surface area contributed by atoms with E-state index in [0.717, 1.165) is 24.0 Å². The summed E-state index contributed by atoms with van der Waals surface area (Å²) in [7, 11) is 0. The lowest BCUT2D eigenvalue weighted by Gasteiger charge is -2.28. The van der Waals surface area contributed by atoms with Gasteiger partial charge in [-0.25, -0.2) is 4.79 Å². The molecular weight excluding hydrogens is 360 g/mol. The van der Waals surface area contributed by atoms with Crippen LogP contribution in [0.4, 0.5) is 4.79 Å². The quantitative estimate of drug-likeness (QED) is 0.427. The molecular formula is C19H24N6O3. The molecule has 1 atom stereocenters. The van der Waals surface area contributed by atoms with E-state index in [4.69, 9.17) is 14.8 Å². The van der Waals surface area contributed by atoms with Gasteiger partial charge in [-0.15, -0.1) is 0 Å². The molecule has 148 valence electrons. The van der Waals surface area contributed by atoms with Crippen molar-refractivity contribution in [3.63, 3.8) is 0 Å². The highest BCUT2D eigenvalue weighted by molar-refractivity contribution is 5.69. The Balaban J connectivity index is 1.65. The molecule has 2 heterocycles.